The third kappa shape index (κ3) is 3.73. The molecule has 2 amide bonds. The van der Waals surface area contributed by atoms with E-state index in [1.165, 1.54) is 25.6 Å². The number of nitrogens with one attached hydrogen (secondary N) is 1. The third-order valence-electron chi connectivity index (χ3n) is 4.84. The van der Waals surface area contributed by atoms with Crippen molar-refractivity contribution in [3.8, 4) is 17.2 Å². The monoisotopic (exact) mass is 436 g/mol. The maximum absolute atomic E-state index is 13.4. The van der Waals surface area contributed by atoms with Crippen LogP contribution in [0.25, 0.3) is 5.57 Å². The van der Waals surface area contributed by atoms with E-state index >= 15 is 0 Å². The van der Waals surface area contributed by atoms with Gasteiger partial charge in [-0.15, -0.1) is 11.3 Å². The minimum absolute atomic E-state index is 0.215. The highest BCUT2D eigenvalue weighted by atomic mass is 32.1. The molecule has 1 N–H and O–H groups in total. The van der Waals surface area contributed by atoms with Crippen LogP contribution < -0.4 is 24.4 Å². The van der Waals surface area contributed by atoms with Crippen molar-refractivity contribution in [2.45, 2.75) is 0 Å². The Kier molecular flexibility index (Phi) is 5.64. The van der Waals surface area contributed by atoms with Crippen molar-refractivity contribution in [1.29, 1.82) is 0 Å². The van der Waals surface area contributed by atoms with Crippen LogP contribution in [0.3, 0.4) is 0 Å². The van der Waals surface area contributed by atoms with Gasteiger partial charge in [-0.1, -0.05) is 6.07 Å². The zero-order chi connectivity index (χ0) is 22.0. The van der Waals surface area contributed by atoms with Crippen molar-refractivity contribution in [3.05, 3.63) is 70.6 Å². The molecule has 1 aliphatic rings. The molecule has 0 saturated carbocycles. The summed E-state index contributed by atoms with van der Waals surface area (Å²) in [6.07, 6.45) is 0. The summed E-state index contributed by atoms with van der Waals surface area (Å²) in [6.45, 7) is 0. The standard InChI is InChI=1S/C23H20N2O5S/c1-28-16-9-6-14(7-10-16)24-21-20(19-5-4-12-31-19)22(26)25(23(21)27)15-8-11-17(29-2)18(13-15)30-3/h4-13,24H,1-3H3. The highest BCUT2D eigenvalue weighted by molar-refractivity contribution is 7.11. The molecule has 2 heterocycles. The van der Waals surface area contributed by atoms with E-state index in [4.69, 9.17) is 14.2 Å². The molecule has 31 heavy (non-hydrogen) atoms. The zero-order valence-corrected chi connectivity index (χ0v) is 18.0. The number of methoxy groups -OCH3 is 3. The number of hydrogen-bond acceptors (Lipinski definition) is 7. The normalized spacial score (nSPS) is 13.6. The van der Waals surface area contributed by atoms with Crippen LogP contribution in [0.15, 0.2) is 65.7 Å². The second kappa shape index (κ2) is 8.53. The first-order valence-electron chi connectivity index (χ1n) is 9.37. The highest BCUT2D eigenvalue weighted by Crippen LogP contribution is 2.38. The molecule has 0 saturated heterocycles. The van der Waals surface area contributed by atoms with Crippen molar-refractivity contribution in [3.63, 3.8) is 0 Å². The van der Waals surface area contributed by atoms with E-state index in [9.17, 15) is 9.59 Å². The molecule has 0 spiro atoms. The van der Waals surface area contributed by atoms with Crippen LogP contribution in [0.1, 0.15) is 4.88 Å². The van der Waals surface area contributed by atoms with Gasteiger partial charge in [-0.25, -0.2) is 4.90 Å². The highest BCUT2D eigenvalue weighted by Gasteiger charge is 2.41. The largest absolute Gasteiger partial charge is 0.497 e. The number of rotatable bonds is 7. The Hall–Kier alpha value is -3.78. The molecule has 8 heteroatoms. The number of ether oxygens (including phenoxy) is 3. The molecule has 0 unspecified atom stereocenters. The summed E-state index contributed by atoms with van der Waals surface area (Å²) in [4.78, 5) is 28.6. The molecule has 2 aromatic carbocycles. The number of imide groups is 1. The van der Waals surface area contributed by atoms with Crippen molar-refractivity contribution in [2.75, 3.05) is 31.5 Å². The predicted molar refractivity (Wildman–Crippen MR) is 120 cm³/mol. The fourth-order valence-electron chi connectivity index (χ4n) is 3.31. The van der Waals surface area contributed by atoms with E-state index in [2.05, 4.69) is 5.32 Å². The quantitative estimate of drug-likeness (QED) is 0.560. The van der Waals surface area contributed by atoms with Gasteiger partial charge in [0.05, 0.1) is 32.6 Å². The van der Waals surface area contributed by atoms with E-state index < -0.39 is 11.8 Å². The molecule has 0 atom stereocenters. The zero-order valence-electron chi connectivity index (χ0n) is 17.2. The Bertz CT molecular complexity index is 1150. The number of anilines is 2. The van der Waals surface area contributed by atoms with Crippen molar-refractivity contribution < 1.29 is 23.8 Å². The lowest BCUT2D eigenvalue weighted by Crippen LogP contribution is -2.32. The molecule has 0 bridgehead atoms. The summed E-state index contributed by atoms with van der Waals surface area (Å²) < 4.78 is 15.8. The van der Waals surface area contributed by atoms with E-state index in [-0.39, 0.29) is 5.70 Å². The van der Waals surface area contributed by atoms with Gasteiger partial charge in [0, 0.05) is 16.6 Å². The molecular weight excluding hydrogens is 416 g/mol. The van der Waals surface area contributed by atoms with Crippen LogP contribution >= 0.6 is 11.3 Å². The smallest absolute Gasteiger partial charge is 0.282 e. The number of hydrogen-bond donors (Lipinski definition) is 1. The molecule has 0 radical (unpaired) electrons. The minimum Gasteiger partial charge on any atom is -0.497 e. The number of amides is 2. The molecule has 158 valence electrons. The molecule has 1 aromatic heterocycles. The van der Waals surface area contributed by atoms with Gasteiger partial charge >= 0.3 is 0 Å². The average molecular weight is 436 g/mol. The molecular formula is C23H20N2O5S. The van der Waals surface area contributed by atoms with E-state index in [0.29, 0.717) is 39.1 Å². The first-order valence-corrected chi connectivity index (χ1v) is 10.3. The number of carbonyl (C=O) groups excluding carboxylic acids is 2. The Morgan fingerprint density at radius 1 is 0.839 bits per heavy atom. The Labute approximate surface area is 183 Å². The Balaban J connectivity index is 1.75. The molecule has 1 aliphatic heterocycles. The molecule has 4 rings (SSSR count). The van der Waals surface area contributed by atoms with Gasteiger partial charge in [0.2, 0.25) is 0 Å². The maximum Gasteiger partial charge on any atom is 0.282 e. The second-order valence-corrected chi connectivity index (χ2v) is 7.51. The van der Waals surface area contributed by atoms with Crippen molar-refractivity contribution >= 4 is 40.1 Å². The van der Waals surface area contributed by atoms with Gasteiger partial charge in [0.15, 0.2) is 11.5 Å². The van der Waals surface area contributed by atoms with Crippen LogP contribution in [0.4, 0.5) is 11.4 Å². The van der Waals surface area contributed by atoms with Gasteiger partial charge < -0.3 is 19.5 Å². The topological polar surface area (TPSA) is 77.1 Å². The predicted octanol–water partition coefficient (Wildman–Crippen LogP) is 4.17. The van der Waals surface area contributed by atoms with Gasteiger partial charge in [-0.3, -0.25) is 9.59 Å². The fraction of sp³-hybridized carbons (Fsp3) is 0.130. The third-order valence-corrected chi connectivity index (χ3v) is 5.72. The lowest BCUT2D eigenvalue weighted by molar-refractivity contribution is -0.120. The van der Waals surface area contributed by atoms with E-state index in [1.54, 1.807) is 49.6 Å². The summed E-state index contributed by atoms with van der Waals surface area (Å²) in [6, 6.07) is 15.7. The lowest BCUT2D eigenvalue weighted by atomic mass is 10.2. The van der Waals surface area contributed by atoms with Crippen LogP contribution in [-0.2, 0) is 9.59 Å². The van der Waals surface area contributed by atoms with Crippen LogP contribution in [0.5, 0.6) is 17.2 Å². The number of nitrogens with zero attached hydrogens (tertiary/aromatic N) is 1. The van der Waals surface area contributed by atoms with Crippen molar-refractivity contribution in [2.24, 2.45) is 0 Å². The lowest BCUT2D eigenvalue weighted by Gasteiger charge is -2.17. The number of benzene rings is 2. The molecule has 3 aromatic rings. The van der Waals surface area contributed by atoms with Gasteiger partial charge in [0.25, 0.3) is 11.8 Å². The molecule has 7 nitrogen and oxygen atoms in total. The summed E-state index contributed by atoms with van der Waals surface area (Å²) in [5.41, 5.74) is 1.60. The minimum atomic E-state index is -0.448. The van der Waals surface area contributed by atoms with Crippen LogP contribution in [0, 0.1) is 0 Å². The average Bonchev–Trinajstić information content (AvgIpc) is 3.40. The SMILES string of the molecule is COc1ccc(NC2=C(c3cccs3)C(=O)N(c3ccc(OC)c(OC)c3)C2=O)cc1. The Morgan fingerprint density at radius 3 is 2.19 bits per heavy atom. The molecule has 0 aliphatic carbocycles. The van der Waals surface area contributed by atoms with Gasteiger partial charge in [-0.05, 0) is 47.8 Å². The van der Waals surface area contributed by atoms with Crippen molar-refractivity contribution in [1.82, 2.24) is 0 Å². The van der Waals surface area contributed by atoms with Crippen LogP contribution in [-0.4, -0.2) is 33.1 Å². The fourth-order valence-corrected chi connectivity index (χ4v) is 4.08. The van der Waals surface area contributed by atoms with Gasteiger partial charge in [0.1, 0.15) is 11.4 Å². The van der Waals surface area contributed by atoms with Crippen LogP contribution in [0.2, 0.25) is 0 Å². The Morgan fingerprint density at radius 2 is 1.58 bits per heavy atom. The summed E-state index contributed by atoms with van der Waals surface area (Å²) >= 11 is 1.40. The van der Waals surface area contributed by atoms with Gasteiger partial charge in [-0.2, -0.15) is 0 Å². The number of carbonyl (C=O) groups is 2. The van der Waals surface area contributed by atoms with E-state index in [0.717, 1.165) is 4.90 Å². The maximum atomic E-state index is 13.4. The summed E-state index contributed by atoms with van der Waals surface area (Å²) in [5.74, 6) is 0.772. The first-order chi connectivity index (χ1) is 15.1. The first kappa shape index (κ1) is 20.5. The number of thiophene rings is 1. The second-order valence-electron chi connectivity index (χ2n) is 6.57. The summed E-state index contributed by atoms with van der Waals surface area (Å²) in [7, 11) is 4.61. The van der Waals surface area contributed by atoms with E-state index in [1.807, 2.05) is 17.5 Å². The summed E-state index contributed by atoms with van der Waals surface area (Å²) in [5, 5.41) is 4.99. The molecule has 0 fully saturated rings.